The molecule has 0 aromatic carbocycles. The van der Waals surface area contributed by atoms with Crippen LogP contribution in [0.2, 0.25) is 0 Å². The smallest absolute Gasteiger partial charge is 0.0643 e. The summed E-state index contributed by atoms with van der Waals surface area (Å²) in [7, 11) is 1.92. The minimum atomic E-state index is -0.0472. The average molecular weight is 261 g/mol. The molecule has 0 aliphatic rings. The highest BCUT2D eigenvalue weighted by atomic mass is 15.3. The zero-order valence-corrected chi connectivity index (χ0v) is 12.2. The van der Waals surface area contributed by atoms with Crippen LogP contribution in [0.3, 0.4) is 0 Å². The van der Waals surface area contributed by atoms with Crippen molar-refractivity contribution in [1.82, 2.24) is 19.6 Å². The normalized spacial score (nSPS) is 14.6. The molecule has 0 saturated carbocycles. The molecule has 0 bridgehead atoms. The highest BCUT2D eigenvalue weighted by molar-refractivity contribution is 5.21. The fraction of sp³-hybridized carbons (Fsp3) is 0.571. The summed E-state index contributed by atoms with van der Waals surface area (Å²) in [6.45, 7) is 6.33. The van der Waals surface area contributed by atoms with E-state index in [0.29, 0.717) is 6.04 Å². The molecule has 2 heterocycles. The predicted molar refractivity (Wildman–Crippen MR) is 75.8 cm³/mol. The van der Waals surface area contributed by atoms with Crippen molar-refractivity contribution >= 4 is 0 Å². The van der Waals surface area contributed by atoms with E-state index in [4.69, 9.17) is 5.73 Å². The molecule has 104 valence electrons. The molecule has 2 aromatic heterocycles. The Morgan fingerprint density at radius 1 is 1.37 bits per heavy atom. The third kappa shape index (κ3) is 3.04. The monoisotopic (exact) mass is 261 g/mol. The van der Waals surface area contributed by atoms with Crippen LogP contribution in [-0.4, -0.2) is 19.6 Å². The summed E-state index contributed by atoms with van der Waals surface area (Å²) >= 11 is 0. The maximum absolute atomic E-state index is 6.26. The van der Waals surface area contributed by atoms with Crippen LogP contribution in [0.25, 0.3) is 0 Å². The van der Waals surface area contributed by atoms with Gasteiger partial charge in [0.15, 0.2) is 0 Å². The molecular formula is C14H23N5. The van der Waals surface area contributed by atoms with Crippen molar-refractivity contribution in [1.29, 1.82) is 0 Å². The Morgan fingerprint density at radius 2 is 2.11 bits per heavy atom. The van der Waals surface area contributed by atoms with E-state index in [1.165, 1.54) is 0 Å². The van der Waals surface area contributed by atoms with Gasteiger partial charge in [-0.25, -0.2) is 0 Å². The molecule has 19 heavy (non-hydrogen) atoms. The first-order valence-corrected chi connectivity index (χ1v) is 6.81. The second-order valence-electron chi connectivity index (χ2n) is 5.20. The lowest BCUT2D eigenvalue weighted by Gasteiger charge is -2.10. The van der Waals surface area contributed by atoms with Gasteiger partial charge >= 0.3 is 0 Å². The minimum absolute atomic E-state index is 0.0472. The van der Waals surface area contributed by atoms with E-state index < -0.39 is 0 Å². The van der Waals surface area contributed by atoms with Crippen LogP contribution in [0.15, 0.2) is 18.5 Å². The van der Waals surface area contributed by atoms with Gasteiger partial charge in [-0.2, -0.15) is 10.2 Å². The lowest BCUT2D eigenvalue weighted by Crippen LogP contribution is -2.14. The molecule has 2 aromatic rings. The summed E-state index contributed by atoms with van der Waals surface area (Å²) in [6.07, 6.45) is 5.85. The molecule has 0 fully saturated rings. The maximum Gasteiger partial charge on any atom is 0.0643 e. The van der Waals surface area contributed by atoms with E-state index in [-0.39, 0.29) is 6.04 Å². The SMILES string of the molecule is CCC(C)n1ccc(CC(N)c2cn(C)nc2C)n1. The quantitative estimate of drug-likeness (QED) is 0.897. The summed E-state index contributed by atoms with van der Waals surface area (Å²) in [5.74, 6) is 0. The molecule has 5 nitrogen and oxygen atoms in total. The Bertz CT molecular complexity index is 540. The second kappa shape index (κ2) is 5.57. The van der Waals surface area contributed by atoms with E-state index in [2.05, 4.69) is 30.1 Å². The van der Waals surface area contributed by atoms with Gasteiger partial charge in [-0.15, -0.1) is 0 Å². The molecule has 0 radical (unpaired) electrons. The van der Waals surface area contributed by atoms with Crippen LogP contribution >= 0.6 is 0 Å². The molecule has 0 amide bonds. The van der Waals surface area contributed by atoms with Crippen molar-refractivity contribution in [3.8, 4) is 0 Å². The van der Waals surface area contributed by atoms with E-state index in [1.54, 1.807) is 0 Å². The molecule has 2 N–H and O–H groups in total. The first-order chi connectivity index (χ1) is 9.01. The second-order valence-corrected chi connectivity index (χ2v) is 5.20. The van der Waals surface area contributed by atoms with Gasteiger partial charge in [-0.3, -0.25) is 9.36 Å². The number of hydrogen-bond acceptors (Lipinski definition) is 3. The molecule has 0 spiro atoms. The number of nitrogens with zero attached hydrogens (tertiary/aromatic N) is 4. The lowest BCUT2D eigenvalue weighted by molar-refractivity contribution is 0.472. The van der Waals surface area contributed by atoms with Crippen LogP contribution < -0.4 is 5.73 Å². The average Bonchev–Trinajstić information content (AvgIpc) is 2.95. The summed E-state index contributed by atoms with van der Waals surface area (Å²) in [6, 6.07) is 2.44. The van der Waals surface area contributed by atoms with Crippen molar-refractivity contribution in [2.45, 2.75) is 45.7 Å². The first-order valence-electron chi connectivity index (χ1n) is 6.81. The van der Waals surface area contributed by atoms with Gasteiger partial charge in [-0.1, -0.05) is 6.92 Å². The maximum atomic E-state index is 6.26. The first kappa shape index (κ1) is 13.8. The summed E-state index contributed by atoms with van der Waals surface area (Å²) in [5, 5.41) is 8.92. The summed E-state index contributed by atoms with van der Waals surface area (Å²) < 4.78 is 3.82. The predicted octanol–water partition coefficient (Wildman–Crippen LogP) is 2.14. The number of hydrogen-bond donors (Lipinski definition) is 1. The third-order valence-corrected chi connectivity index (χ3v) is 3.59. The van der Waals surface area contributed by atoms with Crippen LogP contribution in [-0.2, 0) is 13.5 Å². The van der Waals surface area contributed by atoms with Gasteiger partial charge in [0.1, 0.15) is 0 Å². The van der Waals surface area contributed by atoms with Gasteiger partial charge in [0.2, 0.25) is 0 Å². The van der Waals surface area contributed by atoms with Crippen molar-refractivity contribution in [2.24, 2.45) is 12.8 Å². The van der Waals surface area contributed by atoms with Crippen molar-refractivity contribution in [3.05, 3.63) is 35.4 Å². The van der Waals surface area contributed by atoms with E-state index in [9.17, 15) is 0 Å². The molecule has 0 aliphatic carbocycles. The lowest BCUT2D eigenvalue weighted by atomic mass is 10.0. The van der Waals surface area contributed by atoms with Crippen molar-refractivity contribution in [2.75, 3.05) is 0 Å². The molecule has 2 unspecified atom stereocenters. The molecule has 2 atom stereocenters. The Balaban J connectivity index is 2.08. The third-order valence-electron chi connectivity index (χ3n) is 3.59. The largest absolute Gasteiger partial charge is 0.324 e. The molecule has 5 heteroatoms. The van der Waals surface area contributed by atoms with Gasteiger partial charge in [0.05, 0.1) is 11.4 Å². The van der Waals surface area contributed by atoms with Crippen LogP contribution in [0.4, 0.5) is 0 Å². The molecule has 0 saturated heterocycles. The fourth-order valence-electron chi connectivity index (χ4n) is 2.24. The highest BCUT2D eigenvalue weighted by Crippen LogP contribution is 2.18. The number of aryl methyl sites for hydroxylation is 2. The Labute approximate surface area is 114 Å². The van der Waals surface area contributed by atoms with Crippen LogP contribution in [0, 0.1) is 6.92 Å². The van der Waals surface area contributed by atoms with Gasteiger partial charge in [-0.05, 0) is 26.3 Å². The Kier molecular flexibility index (Phi) is 4.04. The molecular weight excluding hydrogens is 238 g/mol. The van der Waals surface area contributed by atoms with E-state index in [0.717, 1.165) is 29.8 Å². The standard InChI is InChI=1S/C14H23N5/c1-5-10(2)19-7-6-12(17-19)8-14(15)13-9-18(4)16-11(13)3/h6-7,9-10,14H,5,8,15H2,1-4H3. The highest BCUT2D eigenvalue weighted by Gasteiger charge is 2.14. The molecule has 0 aliphatic heterocycles. The van der Waals surface area contributed by atoms with Crippen LogP contribution in [0.1, 0.15) is 49.3 Å². The summed E-state index contributed by atoms with van der Waals surface area (Å²) in [4.78, 5) is 0. The van der Waals surface area contributed by atoms with E-state index >= 15 is 0 Å². The zero-order valence-electron chi connectivity index (χ0n) is 12.2. The zero-order chi connectivity index (χ0) is 14.0. The number of aromatic nitrogens is 4. The number of rotatable bonds is 5. The Hall–Kier alpha value is -1.62. The van der Waals surface area contributed by atoms with Gasteiger partial charge in [0, 0.05) is 43.5 Å². The van der Waals surface area contributed by atoms with Crippen molar-refractivity contribution in [3.63, 3.8) is 0 Å². The topological polar surface area (TPSA) is 61.7 Å². The minimum Gasteiger partial charge on any atom is -0.324 e. The fourth-order valence-corrected chi connectivity index (χ4v) is 2.24. The van der Waals surface area contributed by atoms with Crippen molar-refractivity contribution < 1.29 is 0 Å². The van der Waals surface area contributed by atoms with Gasteiger partial charge < -0.3 is 5.73 Å². The summed E-state index contributed by atoms with van der Waals surface area (Å²) in [5.41, 5.74) is 9.39. The molecule has 2 rings (SSSR count). The van der Waals surface area contributed by atoms with E-state index in [1.807, 2.05) is 35.7 Å². The Morgan fingerprint density at radius 3 is 2.68 bits per heavy atom. The number of nitrogens with two attached hydrogens (primary N) is 1. The van der Waals surface area contributed by atoms with Gasteiger partial charge in [0.25, 0.3) is 0 Å². The van der Waals surface area contributed by atoms with Crippen LogP contribution in [0.5, 0.6) is 0 Å².